The minimum atomic E-state index is -0.776. The first kappa shape index (κ1) is 23.5. The van der Waals surface area contributed by atoms with Gasteiger partial charge in [-0.05, 0) is 63.1 Å². The van der Waals surface area contributed by atoms with Gasteiger partial charge in [0.15, 0.2) is 11.6 Å². The summed E-state index contributed by atoms with van der Waals surface area (Å²) in [5, 5.41) is 2.37. The van der Waals surface area contributed by atoms with Crippen LogP contribution in [-0.4, -0.2) is 42.1 Å². The normalized spacial score (nSPS) is 19.1. The summed E-state index contributed by atoms with van der Waals surface area (Å²) >= 11 is 0. The lowest BCUT2D eigenvalue weighted by molar-refractivity contribution is -0.125. The third-order valence-corrected chi connectivity index (χ3v) is 6.01. The van der Waals surface area contributed by atoms with Gasteiger partial charge in [0.2, 0.25) is 0 Å². The highest BCUT2D eigenvalue weighted by Gasteiger charge is 2.45. The number of hydrogen-bond acceptors (Lipinski definition) is 5. The summed E-state index contributed by atoms with van der Waals surface area (Å²) in [4.78, 5) is 25.3. The number of carbonyl (C=O) groups excluding carboxylic acids is 2. The van der Waals surface area contributed by atoms with E-state index in [-0.39, 0.29) is 23.3 Å². The van der Waals surface area contributed by atoms with Crippen molar-refractivity contribution in [2.24, 2.45) is 5.92 Å². The highest BCUT2D eigenvalue weighted by Crippen LogP contribution is 2.46. The van der Waals surface area contributed by atoms with Crippen LogP contribution < -0.4 is 20.9 Å². The molecule has 0 atom stereocenters. The largest absolute Gasteiger partial charge is 0.490 e. The number of carbonyl (C=O) groups is 2. The van der Waals surface area contributed by atoms with Gasteiger partial charge in [-0.15, -0.1) is 0 Å². The second kappa shape index (κ2) is 9.53. The molecule has 31 heavy (non-hydrogen) atoms. The van der Waals surface area contributed by atoms with E-state index in [2.05, 4.69) is 16.2 Å². The Morgan fingerprint density at radius 2 is 1.94 bits per heavy atom. The molecule has 0 unspecified atom stereocenters. The Morgan fingerprint density at radius 3 is 2.55 bits per heavy atom. The first-order valence-corrected chi connectivity index (χ1v) is 11.2. The fraction of sp³-hybridized carbons (Fsp3) is 0.652. The molecule has 1 aromatic rings. The standard InChI is InChI=1S/C23H35FN4O3/c1-16(2)15-31-19-14-17(8-9-18(19)24)23(10-11-23)27-25-12-6-5-7-13-28-21(30)26-20(29)22(28,3)4/h8-9,14,16,25,27H,5-7,10-13,15H2,1-4H3,(H,26,29,30). The van der Waals surface area contributed by atoms with Crippen molar-refractivity contribution < 1.29 is 18.7 Å². The zero-order valence-electron chi connectivity index (χ0n) is 19.0. The molecule has 8 heteroatoms. The summed E-state index contributed by atoms with van der Waals surface area (Å²) in [5.41, 5.74) is 6.80. The zero-order chi connectivity index (χ0) is 22.6. The second-order valence-electron chi connectivity index (χ2n) is 9.51. The highest BCUT2D eigenvalue weighted by molar-refractivity contribution is 6.06. The molecule has 3 amide bonds. The van der Waals surface area contributed by atoms with E-state index < -0.39 is 5.54 Å². The number of amides is 3. The van der Waals surface area contributed by atoms with Crippen molar-refractivity contribution in [2.75, 3.05) is 19.7 Å². The maximum atomic E-state index is 14.1. The Bertz CT molecular complexity index is 808. The molecule has 2 fully saturated rings. The smallest absolute Gasteiger partial charge is 0.324 e. The molecule has 3 N–H and O–H groups in total. The van der Waals surface area contributed by atoms with E-state index in [4.69, 9.17) is 4.74 Å². The number of imide groups is 1. The van der Waals surface area contributed by atoms with Gasteiger partial charge in [0, 0.05) is 13.1 Å². The number of ether oxygens (including phenoxy) is 1. The topological polar surface area (TPSA) is 82.7 Å². The Hall–Kier alpha value is -2.19. The van der Waals surface area contributed by atoms with E-state index in [0.29, 0.717) is 24.8 Å². The molecule has 1 heterocycles. The van der Waals surface area contributed by atoms with E-state index in [1.165, 1.54) is 6.07 Å². The van der Waals surface area contributed by atoms with Crippen LogP contribution in [0.15, 0.2) is 18.2 Å². The lowest BCUT2D eigenvalue weighted by atomic mass is 10.0. The van der Waals surface area contributed by atoms with Crippen LogP contribution in [0, 0.1) is 11.7 Å². The number of benzene rings is 1. The molecular formula is C23H35FN4O3. The predicted molar refractivity (Wildman–Crippen MR) is 117 cm³/mol. The minimum absolute atomic E-state index is 0.165. The van der Waals surface area contributed by atoms with Gasteiger partial charge in [0.1, 0.15) is 5.54 Å². The fourth-order valence-electron chi connectivity index (χ4n) is 3.75. The number of nitrogens with zero attached hydrogens (tertiary/aromatic N) is 1. The molecule has 7 nitrogen and oxygen atoms in total. The number of hydrazine groups is 1. The quantitative estimate of drug-likeness (QED) is 0.267. The van der Waals surface area contributed by atoms with Crippen molar-refractivity contribution in [1.82, 2.24) is 21.1 Å². The summed E-state index contributed by atoms with van der Waals surface area (Å²) in [6.45, 7) is 9.45. The average Bonchev–Trinajstić information content (AvgIpc) is 3.46. The first-order chi connectivity index (χ1) is 14.7. The summed E-state index contributed by atoms with van der Waals surface area (Å²) in [5.74, 6) is 0.0807. The minimum Gasteiger partial charge on any atom is -0.490 e. The number of unbranched alkanes of at least 4 members (excludes halogenated alkanes) is 2. The molecule has 2 aliphatic rings. The molecule has 0 aromatic heterocycles. The molecule has 0 bridgehead atoms. The molecular weight excluding hydrogens is 399 g/mol. The number of rotatable bonds is 12. The molecule has 1 aliphatic heterocycles. The zero-order valence-corrected chi connectivity index (χ0v) is 19.0. The fourth-order valence-corrected chi connectivity index (χ4v) is 3.75. The van der Waals surface area contributed by atoms with Gasteiger partial charge < -0.3 is 9.64 Å². The van der Waals surface area contributed by atoms with Crippen LogP contribution in [0.2, 0.25) is 0 Å². The SMILES string of the molecule is CC(C)COc1cc(C2(NNCCCCCN3C(=O)NC(=O)C3(C)C)CC2)ccc1F. The molecule has 1 aromatic carbocycles. The summed E-state index contributed by atoms with van der Waals surface area (Å²) in [6.07, 6.45) is 4.70. The van der Waals surface area contributed by atoms with Gasteiger partial charge >= 0.3 is 6.03 Å². The van der Waals surface area contributed by atoms with Crippen molar-refractivity contribution in [2.45, 2.75) is 70.9 Å². The van der Waals surface area contributed by atoms with Gasteiger partial charge in [-0.1, -0.05) is 26.3 Å². The van der Waals surface area contributed by atoms with Crippen LogP contribution in [0.1, 0.15) is 65.4 Å². The Morgan fingerprint density at radius 1 is 1.19 bits per heavy atom. The molecule has 1 aliphatic carbocycles. The predicted octanol–water partition coefficient (Wildman–Crippen LogP) is 3.44. The first-order valence-electron chi connectivity index (χ1n) is 11.2. The van der Waals surface area contributed by atoms with E-state index in [1.54, 1.807) is 18.7 Å². The average molecular weight is 435 g/mol. The van der Waals surface area contributed by atoms with Crippen LogP contribution in [0.5, 0.6) is 5.75 Å². The number of nitrogens with one attached hydrogen (secondary N) is 3. The molecule has 172 valence electrons. The maximum absolute atomic E-state index is 14.1. The molecule has 1 saturated heterocycles. The van der Waals surface area contributed by atoms with E-state index in [9.17, 15) is 14.0 Å². The third kappa shape index (κ3) is 5.54. The van der Waals surface area contributed by atoms with Gasteiger partial charge in [-0.2, -0.15) is 0 Å². The lowest BCUT2D eigenvalue weighted by Crippen LogP contribution is -2.44. The third-order valence-electron chi connectivity index (χ3n) is 6.01. The van der Waals surface area contributed by atoms with E-state index >= 15 is 0 Å². The van der Waals surface area contributed by atoms with E-state index in [1.807, 2.05) is 26.0 Å². The summed E-state index contributed by atoms with van der Waals surface area (Å²) in [6, 6.07) is 4.81. The second-order valence-corrected chi connectivity index (χ2v) is 9.51. The summed E-state index contributed by atoms with van der Waals surface area (Å²) < 4.78 is 19.7. The molecule has 0 spiro atoms. The molecule has 3 rings (SSSR count). The van der Waals surface area contributed by atoms with Crippen LogP contribution in [0.3, 0.4) is 0 Å². The van der Waals surface area contributed by atoms with Crippen molar-refractivity contribution in [3.05, 3.63) is 29.6 Å². The van der Waals surface area contributed by atoms with Crippen LogP contribution in [0.25, 0.3) is 0 Å². The van der Waals surface area contributed by atoms with Crippen LogP contribution >= 0.6 is 0 Å². The number of hydrogen-bond donors (Lipinski definition) is 3. The van der Waals surface area contributed by atoms with Gasteiger partial charge in [0.05, 0.1) is 12.1 Å². The lowest BCUT2D eigenvalue weighted by Gasteiger charge is -2.27. The number of halogens is 1. The Kier molecular flexibility index (Phi) is 7.21. The highest BCUT2D eigenvalue weighted by atomic mass is 19.1. The van der Waals surface area contributed by atoms with Gasteiger partial charge in [-0.3, -0.25) is 15.5 Å². The maximum Gasteiger partial charge on any atom is 0.324 e. The van der Waals surface area contributed by atoms with Crippen molar-refractivity contribution in [3.63, 3.8) is 0 Å². The van der Waals surface area contributed by atoms with Gasteiger partial charge in [-0.25, -0.2) is 14.6 Å². The van der Waals surface area contributed by atoms with Crippen molar-refractivity contribution in [3.8, 4) is 5.75 Å². The van der Waals surface area contributed by atoms with Gasteiger partial charge in [0.25, 0.3) is 5.91 Å². The monoisotopic (exact) mass is 434 g/mol. The molecule has 0 radical (unpaired) electrons. The van der Waals surface area contributed by atoms with E-state index in [0.717, 1.165) is 44.2 Å². The van der Waals surface area contributed by atoms with Crippen LogP contribution in [0.4, 0.5) is 9.18 Å². The van der Waals surface area contributed by atoms with Crippen LogP contribution in [-0.2, 0) is 10.3 Å². The number of urea groups is 1. The molecule has 1 saturated carbocycles. The Balaban J connectivity index is 1.39. The Labute approximate surface area is 184 Å². The van der Waals surface area contributed by atoms with Crippen molar-refractivity contribution >= 4 is 11.9 Å². The van der Waals surface area contributed by atoms with Crippen molar-refractivity contribution in [1.29, 1.82) is 0 Å². The summed E-state index contributed by atoms with van der Waals surface area (Å²) in [7, 11) is 0.